The minimum atomic E-state index is -0.348. The van der Waals surface area contributed by atoms with Gasteiger partial charge in [-0.15, -0.1) is 0 Å². The maximum Gasteiger partial charge on any atom is 0.262 e. The van der Waals surface area contributed by atoms with E-state index >= 15 is 0 Å². The number of anilines is 1. The number of likely N-dealkylation sites (N-methyl/N-ethyl adjacent to an activating group) is 1. The fourth-order valence-corrected chi connectivity index (χ4v) is 3.08. The highest BCUT2D eigenvalue weighted by atomic mass is 32.1. The Morgan fingerprint density at radius 1 is 1.07 bits per heavy atom. The summed E-state index contributed by atoms with van der Waals surface area (Å²) in [6.45, 7) is 3.74. The molecule has 0 atom stereocenters. The van der Waals surface area contributed by atoms with Gasteiger partial charge in [0.15, 0.2) is 6.61 Å². The molecule has 0 saturated carbocycles. The van der Waals surface area contributed by atoms with Crippen molar-refractivity contribution in [1.82, 2.24) is 9.80 Å². The van der Waals surface area contributed by atoms with Crippen LogP contribution in [0.5, 0.6) is 5.75 Å². The Balaban J connectivity index is 1.49. The molecule has 2 aromatic carbocycles. The summed E-state index contributed by atoms with van der Waals surface area (Å²) < 4.78 is 18.4. The molecule has 1 amide bonds. The Kier molecular flexibility index (Phi) is 6.36. The molecule has 3 rings (SSSR count). The van der Waals surface area contributed by atoms with Crippen LogP contribution in [0.25, 0.3) is 0 Å². The number of thiocarbonyl (C=S) groups is 1. The summed E-state index contributed by atoms with van der Waals surface area (Å²) in [5.41, 5.74) is 1.50. The first-order valence-electron chi connectivity index (χ1n) is 8.77. The van der Waals surface area contributed by atoms with Crippen LogP contribution in [0.3, 0.4) is 0 Å². The molecule has 1 N–H and O–H groups in total. The molecule has 27 heavy (non-hydrogen) atoms. The molecule has 0 unspecified atom stereocenters. The van der Waals surface area contributed by atoms with Gasteiger partial charge in [-0.25, -0.2) is 4.39 Å². The zero-order valence-electron chi connectivity index (χ0n) is 15.2. The van der Waals surface area contributed by atoms with E-state index in [0.717, 1.165) is 36.7 Å². The minimum absolute atomic E-state index is 0.125. The van der Waals surface area contributed by atoms with Gasteiger partial charge in [-0.2, -0.15) is 0 Å². The minimum Gasteiger partial charge on any atom is -0.484 e. The van der Waals surface area contributed by atoms with E-state index in [2.05, 4.69) is 22.2 Å². The molecule has 2 aromatic rings. The van der Waals surface area contributed by atoms with Gasteiger partial charge in [-0.05, 0) is 55.6 Å². The fourth-order valence-electron chi connectivity index (χ4n) is 2.77. The van der Waals surface area contributed by atoms with E-state index in [1.807, 2.05) is 24.3 Å². The van der Waals surface area contributed by atoms with Crippen molar-refractivity contribution >= 4 is 28.8 Å². The van der Waals surface area contributed by atoms with E-state index in [9.17, 15) is 9.18 Å². The molecule has 142 valence electrons. The van der Waals surface area contributed by atoms with Crippen LogP contribution in [0.4, 0.5) is 10.1 Å². The number of halogens is 1. The molecule has 0 aliphatic carbocycles. The van der Waals surface area contributed by atoms with Crippen molar-refractivity contribution in [1.29, 1.82) is 0 Å². The third kappa shape index (κ3) is 5.48. The number of benzene rings is 2. The lowest BCUT2D eigenvalue weighted by molar-refractivity contribution is -0.118. The average Bonchev–Trinajstić information content (AvgIpc) is 2.69. The molecule has 0 bridgehead atoms. The average molecular weight is 387 g/mol. The quantitative estimate of drug-likeness (QED) is 0.800. The number of nitrogens with zero attached hydrogens (tertiary/aromatic N) is 2. The van der Waals surface area contributed by atoms with Crippen molar-refractivity contribution in [3.8, 4) is 5.75 Å². The predicted octanol–water partition coefficient (Wildman–Crippen LogP) is 2.77. The van der Waals surface area contributed by atoms with E-state index < -0.39 is 0 Å². The van der Waals surface area contributed by atoms with Gasteiger partial charge in [0.1, 0.15) is 16.6 Å². The van der Waals surface area contributed by atoms with E-state index in [0.29, 0.717) is 11.4 Å². The Hall–Kier alpha value is -2.51. The molecule has 0 aromatic heterocycles. The largest absolute Gasteiger partial charge is 0.484 e. The lowest BCUT2D eigenvalue weighted by Crippen LogP contribution is -2.46. The third-order valence-electron chi connectivity index (χ3n) is 4.39. The Morgan fingerprint density at radius 2 is 1.70 bits per heavy atom. The van der Waals surface area contributed by atoms with Gasteiger partial charge >= 0.3 is 0 Å². The monoisotopic (exact) mass is 387 g/mol. The summed E-state index contributed by atoms with van der Waals surface area (Å²) in [6, 6.07) is 13.0. The van der Waals surface area contributed by atoms with E-state index in [-0.39, 0.29) is 18.3 Å². The third-order valence-corrected chi connectivity index (χ3v) is 4.88. The molecule has 1 heterocycles. The smallest absolute Gasteiger partial charge is 0.262 e. The van der Waals surface area contributed by atoms with Crippen molar-refractivity contribution in [3.63, 3.8) is 0 Å². The molecule has 5 nitrogen and oxygen atoms in total. The maximum absolute atomic E-state index is 12.9. The normalized spacial score (nSPS) is 14.7. The summed E-state index contributed by atoms with van der Waals surface area (Å²) in [5, 5.41) is 2.65. The molecule has 1 fully saturated rings. The lowest BCUT2D eigenvalue weighted by atomic mass is 10.2. The first-order valence-corrected chi connectivity index (χ1v) is 9.18. The maximum atomic E-state index is 12.9. The fraction of sp³-hybridized carbons (Fsp3) is 0.300. The van der Waals surface area contributed by atoms with E-state index in [1.165, 1.54) is 24.3 Å². The van der Waals surface area contributed by atoms with Gasteiger partial charge in [0, 0.05) is 37.4 Å². The number of ether oxygens (including phenoxy) is 1. The van der Waals surface area contributed by atoms with E-state index in [1.54, 1.807) is 0 Å². The standard InChI is InChI=1S/C20H22FN3O2S/c1-23-10-12-24(13-11-23)20(27)15-2-8-18(9-3-15)26-14-19(25)22-17-6-4-16(21)5-7-17/h2-9H,10-14H2,1H3,(H,22,25). The summed E-state index contributed by atoms with van der Waals surface area (Å²) >= 11 is 5.59. The number of hydrogen-bond acceptors (Lipinski definition) is 4. The summed E-state index contributed by atoms with van der Waals surface area (Å²) in [6.07, 6.45) is 0. The first kappa shape index (κ1) is 19.3. The van der Waals surface area contributed by atoms with Crippen LogP contribution < -0.4 is 10.1 Å². The van der Waals surface area contributed by atoms with Crippen molar-refractivity contribution < 1.29 is 13.9 Å². The molecule has 1 saturated heterocycles. The SMILES string of the molecule is CN1CCN(C(=S)c2ccc(OCC(=O)Nc3ccc(F)cc3)cc2)CC1. The zero-order chi connectivity index (χ0) is 19.2. The van der Waals surface area contributed by atoms with Gasteiger partial charge in [0.05, 0.1) is 0 Å². The van der Waals surface area contributed by atoms with Crippen LogP contribution in [-0.4, -0.2) is 60.5 Å². The van der Waals surface area contributed by atoms with Gasteiger partial charge < -0.3 is 19.9 Å². The van der Waals surface area contributed by atoms with Crippen molar-refractivity contribution in [3.05, 3.63) is 59.9 Å². The van der Waals surface area contributed by atoms with Gasteiger partial charge in [-0.3, -0.25) is 4.79 Å². The highest BCUT2D eigenvalue weighted by Crippen LogP contribution is 2.16. The molecular formula is C20H22FN3O2S. The second-order valence-electron chi connectivity index (χ2n) is 6.46. The van der Waals surface area contributed by atoms with Crippen LogP contribution in [0.15, 0.2) is 48.5 Å². The van der Waals surface area contributed by atoms with Crippen molar-refractivity contribution in [2.75, 3.05) is 45.2 Å². The van der Waals surface area contributed by atoms with Gasteiger partial charge in [-0.1, -0.05) is 12.2 Å². The highest BCUT2D eigenvalue weighted by Gasteiger charge is 2.17. The topological polar surface area (TPSA) is 44.8 Å². The van der Waals surface area contributed by atoms with Crippen LogP contribution in [0.2, 0.25) is 0 Å². The summed E-state index contributed by atoms with van der Waals surface area (Å²) in [7, 11) is 2.11. The van der Waals surface area contributed by atoms with E-state index in [4.69, 9.17) is 17.0 Å². The number of rotatable bonds is 5. The number of nitrogens with one attached hydrogen (secondary N) is 1. The number of carbonyl (C=O) groups is 1. The van der Waals surface area contributed by atoms with Gasteiger partial charge in [0.25, 0.3) is 5.91 Å². The Bertz CT molecular complexity index is 788. The number of piperazine rings is 1. The summed E-state index contributed by atoms with van der Waals surface area (Å²) in [4.78, 5) is 17.2. The van der Waals surface area contributed by atoms with Crippen LogP contribution >= 0.6 is 12.2 Å². The van der Waals surface area contributed by atoms with Crippen LogP contribution in [0, 0.1) is 5.82 Å². The molecule has 0 spiro atoms. The second kappa shape index (κ2) is 8.92. The number of hydrogen-bond donors (Lipinski definition) is 1. The Labute approximate surface area is 163 Å². The Morgan fingerprint density at radius 3 is 2.33 bits per heavy atom. The molecule has 1 aliphatic rings. The molecule has 1 aliphatic heterocycles. The summed E-state index contributed by atoms with van der Waals surface area (Å²) in [5.74, 6) is -0.0633. The molecule has 7 heteroatoms. The van der Waals surface area contributed by atoms with Crippen molar-refractivity contribution in [2.24, 2.45) is 0 Å². The van der Waals surface area contributed by atoms with Crippen LogP contribution in [0.1, 0.15) is 5.56 Å². The molecule has 0 radical (unpaired) electrons. The number of amides is 1. The lowest BCUT2D eigenvalue weighted by Gasteiger charge is -2.34. The highest BCUT2D eigenvalue weighted by molar-refractivity contribution is 7.80. The number of carbonyl (C=O) groups excluding carboxylic acids is 1. The molecular weight excluding hydrogens is 365 g/mol. The zero-order valence-corrected chi connectivity index (χ0v) is 16.0. The van der Waals surface area contributed by atoms with Crippen LogP contribution in [-0.2, 0) is 4.79 Å². The first-order chi connectivity index (χ1) is 13.0. The predicted molar refractivity (Wildman–Crippen MR) is 108 cm³/mol. The van der Waals surface area contributed by atoms with Crippen molar-refractivity contribution in [2.45, 2.75) is 0 Å². The van der Waals surface area contributed by atoms with Gasteiger partial charge in [0.2, 0.25) is 0 Å². The second-order valence-corrected chi connectivity index (χ2v) is 6.85.